The summed E-state index contributed by atoms with van der Waals surface area (Å²) < 4.78 is 0. The Morgan fingerprint density at radius 1 is 0.704 bits per heavy atom. The first-order chi connectivity index (χ1) is 13.3. The van der Waals surface area contributed by atoms with Gasteiger partial charge in [-0.2, -0.15) is 0 Å². The summed E-state index contributed by atoms with van der Waals surface area (Å²) in [5.74, 6) is 0.849. The number of aromatic nitrogens is 3. The Bertz CT molecular complexity index is 1270. The third kappa shape index (κ3) is 3.11. The van der Waals surface area contributed by atoms with Gasteiger partial charge >= 0.3 is 0 Å². The third-order valence-electron chi connectivity index (χ3n) is 4.67. The van der Waals surface area contributed by atoms with Gasteiger partial charge < -0.3 is 4.98 Å². The maximum Gasteiger partial charge on any atom is 0.131 e. The molecule has 5 aromatic rings. The number of aromatic amines is 1. The van der Waals surface area contributed by atoms with Crippen LogP contribution in [0, 0.1) is 0 Å². The molecule has 5 rings (SSSR count). The van der Waals surface area contributed by atoms with Crippen LogP contribution in [0.3, 0.4) is 0 Å². The van der Waals surface area contributed by atoms with Gasteiger partial charge in [-0.15, -0.1) is 0 Å². The van der Waals surface area contributed by atoms with Crippen LogP contribution in [0.2, 0.25) is 0 Å². The molecular weight excluding hydrogens is 330 g/mol. The van der Waals surface area contributed by atoms with Crippen LogP contribution in [0.1, 0.15) is 11.4 Å². The number of imidazole rings is 1. The Labute approximate surface area is 157 Å². The third-order valence-corrected chi connectivity index (χ3v) is 4.67. The Hall–Kier alpha value is -3.72. The van der Waals surface area contributed by atoms with Crippen molar-refractivity contribution in [2.45, 2.75) is 0 Å². The molecule has 0 amide bonds. The van der Waals surface area contributed by atoms with Crippen LogP contribution in [0.4, 0.5) is 0 Å². The van der Waals surface area contributed by atoms with Crippen LogP contribution in [-0.2, 0) is 0 Å². The summed E-state index contributed by atoms with van der Waals surface area (Å²) in [5, 5.41) is 1.14. The molecule has 0 saturated carbocycles. The molecule has 128 valence electrons. The SMILES string of the molecule is C(=Cc1nc2ccc(-c3ccccc3)cc2[nH]1)c1ccc2ncccc2c1. The van der Waals surface area contributed by atoms with E-state index in [4.69, 9.17) is 0 Å². The molecule has 2 heterocycles. The van der Waals surface area contributed by atoms with E-state index in [1.165, 1.54) is 11.1 Å². The zero-order valence-corrected chi connectivity index (χ0v) is 14.6. The first-order valence-electron chi connectivity index (χ1n) is 8.93. The average molecular weight is 347 g/mol. The maximum absolute atomic E-state index is 4.67. The molecule has 0 aliphatic heterocycles. The van der Waals surface area contributed by atoms with Crippen molar-refractivity contribution in [1.29, 1.82) is 0 Å². The minimum Gasteiger partial charge on any atom is -0.338 e. The van der Waals surface area contributed by atoms with Gasteiger partial charge in [0.25, 0.3) is 0 Å². The topological polar surface area (TPSA) is 41.6 Å². The second kappa shape index (κ2) is 6.54. The fourth-order valence-corrected chi connectivity index (χ4v) is 3.29. The van der Waals surface area contributed by atoms with Gasteiger partial charge in [-0.3, -0.25) is 4.98 Å². The monoisotopic (exact) mass is 347 g/mol. The Balaban J connectivity index is 1.46. The summed E-state index contributed by atoms with van der Waals surface area (Å²) in [4.78, 5) is 12.4. The number of nitrogens with one attached hydrogen (secondary N) is 1. The second-order valence-corrected chi connectivity index (χ2v) is 6.51. The molecule has 0 bridgehead atoms. The predicted octanol–water partition coefficient (Wildman–Crippen LogP) is 5.95. The van der Waals surface area contributed by atoms with Crippen molar-refractivity contribution in [1.82, 2.24) is 15.0 Å². The molecule has 0 unspecified atom stereocenters. The van der Waals surface area contributed by atoms with Gasteiger partial charge in [-0.1, -0.05) is 54.6 Å². The van der Waals surface area contributed by atoms with Crippen LogP contribution in [-0.4, -0.2) is 15.0 Å². The zero-order valence-electron chi connectivity index (χ0n) is 14.6. The molecule has 0 spiro atoms. The van der Waals surface area contributed by atoms with Crippen molar-refractivity contribution < 1.29 is 0 Å². The molecule has 2 aromatic heterocycles. The van der Waals surface area contributed by atoms with Gasteiger partial charge in [-0.05, 0) is 53.1 Å². The molecule has 0 fully saturated rings. The molecule has 27 heavy (non-hydrogen) atoms. The fourth-order valence-electron chi connectivity index (χ4n) is 3.29. The number of fused-ring (bicyclic) bond motifs is 2. The van der Waals surface area contributed by atoms with E-state index in [1.807, 2.05) is 30.5 Å². The van der Waals surface area contributed by atoms with Crippen molar-refractivity contribution in [3.63, 3.8) is 0 Å². The highest BCUT2D eigenvalue weighted by Crippen LogP contribution is 2.23. The summed E-state index contributed by atoms with van der Waals surface area (Å²) in [7, 11) is 0. The number of hydrogen-bond acceptors (Lipinski definition) is 2. The van der Waals surface area contributed by atoms with Crippen molar-refractivity contribution in [2.75, 3.05) is 0 Å². The Morgan fingerprint density at radius 3 is 2.52 bits per heavy atom. The lowest BCUT2D eigenvalue weighted by Gasteiger charge is -2.00. The van der Waals surface area contributed by atoms with Crippen molar-refractivity contribution in [2.24, 2.45) is 0 Å². The smallest absolute Gasteiger partial charge is 0.131 e. The molecule has 3 aromatic carbocycles. The number of H-pyrrole nitrogens is 1. The van der Waals surface area contributed by atoms with Gasteiger partial charge in [0.1, 0.15) is 5.82 Å². The van der Waals surface area contributed by atoms with Gasteiger partial charge in [0.05, 0.1) is 16.6 Å². The number of benzene rings is 3. The maximum atomic E-state index is 4.67. The van der Waals surface area contributed by atoms with Crippen LogP contribution in [0.15, 0.2) is 85.1 Å². The summed E-state index contributed by atoms with van der Waals surface area (Å²) >= 11 is 0. The van der Waals surface area contributed by atoms with Gasteiger partial charge in [0, 0.05) is 11.6 Å². The number of pyridine rings is 1. The van der Waals surface area contributed by atoms with E-state index in [9.17, 15) is 0 Å². The summed E-state index contributed by atoms with van der Waals surface area (Å²) in [6.45, 7) is 0. The zero-order chi connectivity index (χ0) is 18.1. The minimum atomic E-state index is 0.849. The average Bonchev–Trinajstić information content (AvgIpc) is 3.15. The molecule has 0 radical (unpaired) electrons. The highest BCUT2D eigenvalue weighted by Gasteiger charge is 2.03. The van der Waals surface area contributed by atoms with Gasteiger partial charge in [0.15, 0.2) is 0 Å². The molecule has 0 saturated heterocycles. The van der Waals surface area contributed by atoms with Crippen molar-refractivity contribution >= 4 is 34.1 Å². The van der Waals surface area contributed by atoms with Crippen LogP contribution in [0.25, 0.3) is 45.2 Å². The Kier molecular flexibility index (Phi) is 3.76. The molecular formula is C24H17N3. The summed E-state index contributed by atoms with van der Waals surface area (Å²) in [6, 6.07) is 27.0. The van der Waals surface area contributed by atoms with Crippen molar-refractivity contribution in [3.8, 4) is 11.1 Å². The fraction of sp³-hybridized carbons (Fsp3) is 0. The van der Waals surface area contributed by atoms with Gasteiger partial charge in [-0.25, -0.2) is 4.98 Å². The normalized spacial score (nSPS) is 11.6. The number of rotatable bonds is 3. The van der Waals surface area contributed by atoms with Gasteiger partial charge in [0.2, 0.25) is 0 Å². The quantitative estimate of drug-likeness (QED) is 0.438. The van der Waals surface area contributed by atoms with E-state index in [2.05, 4.69) is 81.7 Å². The van der Waals surface area contributed by atoms with Crippen molar-refractivity contribution in [3.05, 3.63) is 96.4 Å². The predicted molar refractivity (Wildman–Crippen MR) is 112 cm³/mol. The molecule has 3 heteroatoms. The first kappa shape index (κ1) is 15.5. The summed E-state index contributed by atoms with van der Waals surface area (Å²) in [6.07, 6.45) is 5.90. The van der Waals surface area contributed by atoms with E-state index in [0.29, 0.717) is 0 Å². The Morgan fingerprint density at radius 2 is 1.59 bits per heavy atom. The molecule has 0 aliphatic carbocycles. The largest absolute Gasteiger partial charge is 0.338 e. The lowest BCUT2D eigenvalue weighted by atomic mass is 10.1. The highest BCUT2D eigenvalue weighted by molar-refractivity contribution is 5.85. The van der Waals surface area contributed by atoms with Crippen LogP contribution in [0.5, 0.6) is 0 Å². The first-order valence-corrected chi connectivity index (χ1v) is 8.93. The lowest BCUT2D eigenvalue weighted by Crippen LogP contribution is -1.79. The summed E-state index contributed by atoms with van der Waals surface area (Å²) in [5.41, 5.74) is 6.53. The van der Waals surface area contributed by atoms with E-state index in [1.54, 1.807) is 0 Å². The second-order valence-electron chi connectivity index (χ2n) is 6.51. The molecule has 0 atom stereocenters. The standard InChI is InChI=1S/C24H17N3/c1-2-5-18(6-3-1)19-10-12-22-23(16-19)27-24(26-22)13-9-17-8-11-21-20(15-17)7-4-14-25-21/h1-16H,(H,26,27). The number of hydrogen-bond donors (Lipinski definition) is 1. The minimum absolute atomic E-state index is 0.849. The molecule has 1 N–H and O–H groups in total. The van der Waals surface area contributed by atoms with E-state index < -0.39 is 0 Å². The van der Waals surface area contributed by atoms with Crippen LogP contribution >= 0.6 is 0 Å². The lowest BCUT2D eigenvalue weighted by molar-refractivity contribution is 1.29. The van der Waals surface area contributed by atoms with Crippen LogP contribution < -0.4 is 0 Å². The van der Waals surface area contributed by atoms with E-state index in [-0.39, 0.29) is 0 Å². The molecule has 0 aliphatic rings. The highest BCUT2D eigenvalue weighted by atomic mass is 14.9. The molecule has 3 nitrogen and oxygen atoms in total. The van der Waals surface area contributed by atoms with E-state index in [0.717, 1.165) is 33.3 Å². The number of nitrogens with zero attached hydrogens (tertiary/aromatic N) is 2. The van der Waals surface area contributed by atoms with E-state index >= 15 is 0 Å².